The van der Waals surface area contributed by atoms with Crippen LogP contribution in [0.2, 0.25) is 0 Å². The van der Waals surface area contributed by atoms with E-state index in [1.165, 1.54) is 11.3 Å². The average molecular weight is 260 g/mol. The molecule has 3 heterocycles. The third kappa shape index (κ3) is 2.28. The molecule has 0 saturated heterocycles. The lowest BCUT2D eigenvalue weighted by atomic mass is 10.1. The van der Waals surface area contributed by atoms with Crippen LogP contribution in [0.1, 0.15) is 33.5 Å². The Bertz CT molecular complexity index is 576. The van der Waals surface area contributed by atoms with E-state index in [-0.39, 0.29) is 0 Å². The van der Waals surface area contributed by atoms with E-state index in [9.17, 15) is 0 Å². The molecule has 1 aliphatic rings. The summed E-state index contributed by atoms with van der Waals surface area (Å²) in [5.74, 6) is 0.905. The number of nitrogens with zero attached hydrogens (tertiary/aromatic N) is 3. The van der Waals surface area contributed by atoms with Gasteiger partial charge in [0.25, 0.3) is 0 Å². The first kappa shape index (κ1) is 11.7. The molecule has 1 N–H and O–H groups in total. The second kappa shape index (κ2) is 4.74. The van der Waals surface area contributed by atoms with Crippen LogP contribution >= 0.6 is 11.3 Å². The molecule has 0 atom stereocenters. The molecular formula is C13H16N4S. The van der Waals surface area contributed by atoms with Crippen molar-refractivity contribution in [1.82, 2.24) is 20.3 Å². The molecule has 4 nitrogen and oxygen atoms in total. The predicted molar refractivity (Wildman–Crippen MR) is 71.8 cm³/mol. The normalized spacial score (nSPS) is 14.6. The van der Waals surface area contributed by atoms with Crippen molar-refractivity contribution in [3.63, 3.8) is 0 Å². The predicted octanol–water partition coefficient (Wildman–Crippen LogP) is 1.79. The molecule has 0 amide bonds. The molecule has 2 aromatic rings. The van der Waals surface area contributed by atoms with Crippen molar-refractivity contribution in [3.05, 3.63) is 38.9 Å². The van der Waals surface area contributed by atoms with Gasteiger partial charge in [-0.15, -0.1) is 11.3 Å². The second-order valence-electron chi connectivity index (χ2n) is 4.64. The fourth-order valence-electron chi connectivity index (χ4n) is 2.27. The van der Waals surface area contributed by atoms with Crippen LogP contribution in [0.4, 0.5) is 0 Å². The maximum atomic E-state index is 4.69. The monoisotopic (exact) mass is 260 g/mol. The smallest absolute Gasteiger partial charge is 0.135 e. The molecule has 0 radical (unpaired) electrons. The summed E-state index contributed by atoms with van der Waals surface area (Å²) in [6, 6.07) is 0. The number of hydrogen-bond acceptors (Lipinski definition) is 5. The minimum absolute atomic E-state index is 0.750. The van der Waals surface area contributed by atoms with Gasteiger partial charge in [-0.2, -0.15) is 0 Å². The molecule has 0 bridgehead atoms. The first-order valence-electron chi connectivity index (χ1n) is 6.19. The van der Waals surface area contributed by atoms with Crippen LogP contribution in [0.15, 0.2) is 5.38 Å². The highest BCUT2D eigenvalue weighted by Crippen LogP contribution is 2.17. The maximum absolute atomic E-state index is 4.69. The maximum Gasteiger partial charge on any atom is 0.135 e. The molecule has 5 heteroatoms. The Morgan fingerprint density at radius 1 is 1.28 bits per heavy atom. The third-order valence-electron chi connectivity index (χ3n) is 3.16. The summed E-state index contributed by atoms with van der Waals surface area (Å²) in [5, 5.41) is 6.54. The number of aryl methyl sites for hydroxylation is 2. The van der Waals surface area contributed by atoms with Crippen LogP contribution in [-0.2, 0) is 19.4 Å². The summed E-state index contributed by atoms with van der Waals surface area (Å²) in [7, 11) is 0. The van der Waals surface area contributed by atoms with E-state index in [1.807, 2.05) is 6.92 Å². The van der Waals surface area contributed by atoms with Gasteiger partial charge in [-0.3, -0.25) is 0 Å². The van der Waals surface area contributed by atoms with E-state index in [0.29, 0.717) is 0 Å². The Morgan fingerprint density at radius 2 is 2.17 bits per heavy atom. The highest BCUT2D eigenvalue weighted by atomic mass is 32.1. The van der Waals surface area contributed by atoms with E-state index in [4.69, 9.17) is 4.98 Å². The minimum atomic E-state index is 0.750. The van der Waals surface area contributed by atoms with Gasteiger partial charge in [0.2, 0.25) is 0 Å². The molecule has 0 unspecified atom stereocenters. The quantitative estimate of drug-likeness (QED) is 0.894. The van der Waals surface area contributed by atoms with Crippen molar-refractivity contribution in [1.29, 1.82) is 0 Å². The third-order valence-corrected chi connectivity index (χ3v) is 4.13. The molecule has 3 rings (SSSR count). The zero-order valence-electron chi connectivity index (χ0n) is 10.7. The number of nitrogens with one attached hydrogen (secondary N) is 1. The summed E-state index contributed by atoms with van der Waals surface area (Å²) in [4.78, 5) is 13.8. The minimum Gasteiger partial charge on any atom is -0.312 e. The first-order chi connectivity index (χ1) is 8.72. The van der Waals surface area contributed by atoms with Gasteiger partial charge in [-0.1, -0.05) is 0 Å². The molecule has 0 saturated carbocycles. The molecule has 0 aliphatic carbocycles. The van der Waals surface area contributed by atoms with Gasteiger partial charge < -0.3 is 5.32 Å². The summed E-state index contributed by atoms with van der Waals surface area (Å²) in [6.07, 6.45) is 1.75. The molecule has 1 aliphatic heterocycles. The van der Waals surface area contributed by atoms with Gasteiger partial charge in [0.15, 0.2) is 0 Å². The second-order valence-corrected chi connectivity index (χ2v) is 5.58. The Hall–Kier alpha value is -1.33. The fourth-order valence-corrected chi connectivity index (χ4v) is 3.04. The number of aromatic nitrogens is 3. The summed E-state index contributed by atoms with van der Waals surface area (Å²) < 4.78 is 0. The van der Waals surface area contributed by atoms with Gasteiger partial charge in [0, 0.05) is 41.8 Å². The lowest BCUT2D eigenvalue weighted by molar-refractivity contribution is 0.615. The van der Waals surface area contributed by atoms with Gasteiger partial charge >= 0.3 is 0 Å². The molecule has 0 aromatic carbocycles. The van der Waals surface area contributed by atoms with Crippen LogP contribution in [0.25, 0.3) is 0 Å². The van der Waals surface area contributed by atoms with Crippen molar-refractivity contribution >= 4 is 11.3 Å². The van der Waals surface area contributed by atoms with Gasteiger partial charge in [0.1, 0.15) is 10.8 Å². The number of rotatable bonds is 2. The van der Waals surface area contributed by atoms with Crippen molar-refractivity contribution in [2.45, 2.75) is 33.2 Å². The zero-order valence-corrected chi connectivity index (χ0v) is 11.5. The number of fused-ring (bicyclic) bond motifs is 1. The molecular weight excluding hydrogens is 244 g/mol. The van der Waals surface area contributed by atoms with E-state index < -0.39 is 0 Å². The van der Waals surface area contributed by atoms with E-state index >= 15 is 0 Å². The van der Waals surface area contributed by atoms with Crippen molar-refractivity contribution < 1.29 is 0 Å². The van der Waals surface area contributed by atoms with Crippen LogP contribution < -0.4 is 5.32 Å². The Balaban J connectivity index is 1.91. The molecule has 2 aromatic heterocycles. The summed E-state index contributed by atoms with van der Waals surface area (Å²) >= 11 is 1.68. The number of thiazole rings is 1. The zero-order chi connectivity index (χ0) is 12.5. The van der Waals surface area contributed by atoms with Gasteiger partial charge in [-0.05, 0) is 13.8 Å². The van der Waals surface area contributed by atoms with Gasteiger partial charge in [-0.25, -0.2) is 15.0 Å². The summed E-state index contributed by atoms with van der Waals surface area (Å²) in [5.41, 5.74) is 4.68. The van der Waals surface area contributed by atoms with Crippen molar-refractivity contribution in [3.8, 4) is 0 Å². The van der Waals surface area contributed by atoms with Gasteiger partial charge in [0.05, 0.1) is 12.1 Å². The molecule has 94 valence electrons. The SMILES string of the molecule is Cc1csc(Cc2nc(C)c3c(n2)CCNC3)n1. The fraction of sp³-hybridized carbons (Fsp3) is 0.462. The first-order valence-corrected chi connectivity index (χ1v) is 7.07. The van der Waals surface area contributed by atoms with E-state index in [0.717, 1.165) is 48.2 Å². The topological polar surface area (TPSA) is 50.7 Å². The Morgan fingerprint density at radius 3 is 2.94 bits per heavy atom. The number of hydrogen-bond donors (Lipinski definition) is 1. The average Bonchev–Trinajstić information content (AvgIpc) is 2.75. The van der Waals surface area contributed by atoms with Crippen molar-refractivity contribution in [2.75, 3.05) is 6.54 Å². The van der Waals surface area contributed by atoms with Crippen molar-refractivity contribution in [2.24, 2.45) is 0 Å². The largest absolute Gasteiger partial charge is 0.312 e. The highest BCUT2D eigenvalue weighted by Gasteiger charge is 2.15. The van der Waals surface area contributed by atoms with Crippen LogP contribution in [0.5, 0.6) is 0 Å². The Labute approximate surface area is 111 Å². The van der Waals surface area contributed by atoms with E-state index in [1.54, 1.807) is 11.3 Å². The Kier molecular flexibility index (Phi) is 3.09. The van der Waals surface area contributed by atoms with Crippen LogP contribution in [0.3, 0.4) is 0 Å². The standard InChI is InChI=1S/C13H16N4S/c1-8-7-18-13(15-8)5-12-16-9(2)10-6-14-4-3-11(10)17-12/h7,14H,3-6H2,1-2H3. The molecule has 18 heavy (non-hydrogen) atoms. The molecule has 0 spiro atoms. The highest BCUT2D eigenvalue weighted by molar-refractivity contribution is 7.09. The van der Waals surface area contributed by atoms with Crippen LogP contribution in [0, 0.1) is 13.8 Å². The van der Waals surface area contributed by atoms with Crippen LogP contribution in [-0.4, -0.2) is 21.5 Å². The lowest BCUT2D eigenvalue weighted by Crippen LogP contribution is -2.26. The lowest BCUT2D eigenvalue weighted by Gasteiger charge is -2.18. The molecule has 0 fully saturated rings. The summed E-state index contributed by atoms with van der Waals surface area (Å²) in [6.45, 7) is 6.01. The van der Waals surface area contributed by atoms with E-state index in [2.05, 4.69) is 27.6 Å².